The van der Waals surface area contributed by atoms with Gasteiger partial charge >= 0.3 is 0 Å². The first-order valence-electron chi connectivity index (χ1n) is 10.8. The third-order valence-electron chi connectivity index (χ3n) is 6.84. The van der Waals surface area contributed by atoms with Crippen molar-refractivity contribution in [2.45, 2.75) is 69.4 Å². The smallest absolute Gasteiger partial charge is 0.208 e. The maximum absolute atomic E-state index is 12.0. The lowest BCUT2D eigenvalue weighted by atomic mass is 9.81. The summed E-state index contributed by atoms with van der Waals surface area (Å²) in [6.45, 7) is 1.25. The van der Waals surface area contributed by atoms with Gasteiger partial charge in [0.05, 0.1) is 25.6 Å². The molecule has 156 valence electrons. The molecule has 2 bridgehead atoms. The molecule has 0 saturated heterocycles. The second-order valence-electron chi connectivity index (χ2n) is 8.86. The zero-order valence-corrected chi connectivity index (χ0v) is 17.6. The predicted octanol–water partition coefficient (Wildman–Crippen LogP) is 3.85. The maximum Gasteiger partial charge on any atom is 0.208 e. The summed E-state index contributed by atoms with van der Waals surface area (Å²) in [6, 6.07) is 8.41. The summed E-state index contributed by atoms with van der Waals surface area (Å²) >= 11 is 0. The Bertz CT molecular complexity index is 758. The molecule has 2 aliphatic carbocycles. The van der Waals surface area contributed by atoms with Crippen molar-refractivity contribution in [3.05, 3.63) is 29.8 Å². The Kier molecular flexibility index (Phi) is 6.28. The molecule has 3 atom stereocenters. The molecule has 5 rings (SSSR count). The zero-order chi connectivity index (χ0) is 19.6. The van der Waals surface area contributed by atoms with E-state index < -0.39 is 10.0 Å². The molecule has 1 aromatic rings. The van der Waals surface area contributed by atoms with E-state index in [0.29, 0.717) is 31.2 Å². The lowest BCUT2D eigenvalue weighted by Crippen LogP contribution is -2.45. The van der Waals surface area contributed by atoms with Gasteiger partial charge in [-0.15, -0.1) is 0 Å². The Balaban J connectivity index is 1.62. The number of nitrogens with one attached hydrogen (secondary N) is 1. The van der Waals surface area contributed by atoms with Gasteiger partial charge in [-0.05, 0) is 62.0 Å². The molecule has 2 heterocycles. The molecule has 1 N–H and O–H groups in total. The first kappa shape index (κ1) is 20.2. The Morgan fingerprint density at radius 1 is 0.964 bits per heavy atom. The summed E-state index contributed by atoms with van der Waals surface area (Å²) in [7, 11) is -3.25. The lowest BCUT2D eigenvalue weighted by molar-refractivity contribution is -0.0204. The minimum atomic E-state index is -3.25. The number of hydrogen-bond acceptors (Lipinski definition) is 4. The lowest BCUT2D eigenvalue weighted by Gasteiger charge is -2.36. The summed E-state index contributed by atoms with van der Waals surface area (Å²) in [5, 5.41) is 0. The normalized spacial score (nSPS) is 34.1. The van der Waals surface area contributed by atoms with Crippen LogP contribution in [0, 0.1) is 11.8 Å². The van der Waals surface area contributed by atoms with Crippen LogP contribution < -0.4 is 9.46 Å². The Morgan fingerprint density at radius 2 is 1.71 bits per heavy atom. The quantitative estimate of drug-likeness (QED) is 0.809. The average Bonchev–Trinajstić information content (AvgIpc) is 2.85. The van der Waals surface area contributed by atoms with E-state index in [-0.39, 0.29) is 12.0 Å². The zero-order valence-electron chi connectivity index (χ0n) is 16.8. The summed E-state index contributed by atoms with van der Waals surface area (Å²) in [5.74, 6) is 2.03. The SMILES string of the molecule is CS(=O)(=O)N[C@H]1CCCCC2COc3ccccc3C3CCC(CC3)OC[C@H]21. The highest BCUT2D eigenvalue weighted by molar-refractivity contribution is 7.88. The first-order valence-corrected chi connectivity index (χ1v) is 12.7. The van der Waals surface area contributed by atoms with Crippen LogP contribution in [-0.4, -0.2) is 40.0 Å². The second kappa shape index (κ2) is 8.72. The summed E-state index contributed by atoms with van der Waals surface area (Å²) in [4.78, 5) is 0. The fourth-order valence-electron chi connectivity index (χ4n) is 5.34. The standard InChI is InChI=1S/C22H33NO4S/c1-28(24,25)23-21-8-4-2-6-17-14-27-22-9-5-3-7-19(22)16-10-12-18(13-11-16)26-15-20(17)21/h3,5,7,9,16-18,20-21,23H,2,4,6,8,10-15H2,1H3/t16?,17?,18?,20-,21+/m1/s1. The van der Waals surface area contributed by atoms with E-state index in [1.165, 1.54) is 11.8 Å². The molecular weight excluding hydrogens is 374 g/mol. The van der Waals surface area contributed by atoms with E-state index in [1.54, 1.807) is 0 Å². The van der Waals surface area contributed by atoms with Crippen LogP contribution in [0.4, 0.5) is 0 Å². The monoisotopic (exact) mass is 407 g/mol. The van der Waals surface area contributed by atoms with Gasteiger partial charge in [-0.1, -0.05) is 31.0 Å². The van der Waals surface area contributed by atoms with Gasteiger partial charge in [-0.25, -0.2) is 13.1 Å². The molecule has 28 heavy (non-hydrogen) atoms. The van der Waals surface area contributed by atoms with E-state index in [4.69, 9.17) is 9.47 Å². The van der Waals surface area contributed by atoms with E-state index >= 15 is 0 Å². The van der Waals surface area contributed by atoms with E-state index in [0.717, 1.165) is 57.1 Å². The summed E-state index contributed by atoms with van der Waals surface area (Å²) in [6.07, 6.45) is 10.0. The van der Waals surface area contributed by atoms with Crippen LogP contribution in [0.1, 0.15) is 62.8 Å². The molecule has 1 aromatic carbocycles. The molecular formula is C22H33NO4S. The van der Waals surface area contributed by atoms with E-state index in [9.17, 15) is 8.42 Å². The van der Waals surface area contributed by atoms with Crippen molar-refractivity contribution in [3.8, 4) is 5.75 Å². The fourth-order valence-corrected chi connectivity index (χ4v) is 6.18. The topological polar surface area (TPSA) is 64.6 Å². The number of sulfonamides is 1. The van der Waals surface area contributed by atoms with Crippen molar-refractivity contribution in [1.29, 1.82) is 0 Å². The highest BCUT2D eigenvalue weighted by Crippen LogP contribution is 2.40. The number of ether oxygens (including phenoxy) is 2. The molecule has 4 aliphatic rings. The van der Waals surface area contributed by atoms with Crippen molar-refractivity contribution < 1.29 is 17.9 Å². The Labute approximate surface area is 169 Å². The molecule has 0 aromatic heterocycles. The minimum Gasteiger partial charge on any atom is -0.493 e. The molecule has 2 aliphatic heterocycles. The maximum atomic E-state index is 12.0. The number of hydrogen-bond donors (Lipinski definition) is 1. The number of benzene rings is 1. The van der Waals surface area contributed by atoms with Crippen molar-refractivity contribution in [2.75, 3.05) is 19.5 Å². The largest absolute Gasteiger partial charge is 0.493 e. The molecule has 0 amide bonds. The van der Waals surface area contributed by atoms with E-state index in [1.807, 2.05) is 0 Å². The summed E-state index contributed by atoms with van der Waals surface area (Å²) < 4.78 is 39.6. The van der Waals surface area contributed by atoms with Gasteiger partial charge in [0.2, 0.25) is 10.0 Å². The van der Waals surface area contributed by atoms with Crippen molar-refractivity contribution in [3.63, 3.8) is 0 Å². The number of para-hydroxylation sites is 1. The predicted molar refractivity (Wildman–Crippen MR) is 110 cm³/mol. The van der Waals surface area contributed by atoms with Gasteiger partial charge in [-0.3, -0.25) is 0 Å². The molecule has 0 spiro atoms. The van der Waals surface area contributed by atoms with Crippen molar-refractivity contribution in [1.82, 2.24) is 4.72 Å². The van der Waals surface area contributed by atoms with Crippen LogP contribution in [0.5, 0.6) is 5.75 Å². The average molecular weight is 408 g/mol. The van der Waals surface area contributed by atoms with Crippen LogP contribution in [0.3, 0.4) is 0 Å². The number of rotatable bonds is 2. The highest BCUT2D eigenvalue weighted by atomic mass is 32.2. The van der Waals surface area contributed by atoms with Gasteiger partial charge in [0.1, 0.15) is 5.75 Å². The van der Waals surface area contributed by atoms with Crippen molar-refractivity contribution in [2.24, 2.45) is 11.8 Å². The van der Waals surface area contributed by atoms with Crippen LogP contribution in [0.25, 0.3) is 0 Å². The van der Waals surface area contributed by atoms with Gasteiger partial charge < -0.3 is 9.47 Å². The Morgan fingerprint density at radius 3 is 2.50 bits per heavy atom. The molecule has 5 nitrogen and oxygen atoms in total. The van der Waals surface area contributed by atoms with Crippen LogP contribution >= 0.6 is 0 Å². The fraction of sp³-hybridized carbons (Fsp3) is 0.727. The van der Waals surface area contributed by atoms with Crippen LogP contribution in [-0.2, 0) is 14.8 Å². The van der Waals surface area contributed by atoms with Crippen LogP contribution in [0.2, 0.25) is 0 Å². The highest BCUT2D eigenvalue weighted by Gasteiger charge is 2.36. The molecule has 2 saturated carbocycles. The number of fused-ring (bicyclic) bond motifs is 4. The Hall–Kier alpha value is -1.11. The molecule has 0 radical (unpaired) electrons. The third kappa shape index (κ3) is 4.89. The van der Waals surface area contributed by atoms with Crippen LogP contribution in [0.15, 0.2) is 24.3 Å². The van der Waals surface area contributed by atoms with Gasteiger partial charge in [-0.2, -0.15) is 0 Å². The molecule has 6 heteroatoms. The minimum absolute atomic E-state index is 0.0689. The van der Waals surface area contributed by atoms with Gasteiger partial charge in [0.25, 0.3) is 0 Å². The third-order valence-corrected chi connectivity index (χ3v) is 7.57. The first-order chi connectivity index (χ1) is 13.5. The molecule has 2 fully saturated rings. The molecule has 1 unspecified atom stereocenters. The second-order valence-corrected chi connectivity index (χ2v) is 10.6. The van der Waals surface area contributed by atoms with Crippen molar-refractivity contribution >= 4 is 10.0 Å². The van der Waals surface area contributed by atoms with Gasteiger partial charge in [0, 0.05) is 12.0 Å². The van der Waals surface area contributed by atoms with E-state index in [2.05, 4.69) is 29.0 Å². The summed E-state index contributed by atoms with van der Waals surface area (Å²) in [5.41, 5.74) is 1.33. The van der Waals surface area contributed by atoms with Gasteiger partial charge in [0.15, 0.2) is 0 Å².